The van der Waals surface area contributed by atoms with E-state index in [1.165, 1.54) is 37.7 Å². The molecule has 3 rings (SSSR count). The van der Waals surface area contributed by atoms with E-state index in [2.05, 4.69) is 29.1 Å². The average Bonchev–Trinajstić information content (AvgIpc) is 2.97. The van der Waals surface area contributed by atoms with Crippen LogP contribution in [0.3, 0.4) is 0 Å². The van der Waals surface area contributed by atoms with Gasteiger partial charge in [-0.3, -0.25) is 4.68 Å². The van der Waals surface area contributed by atoms with Crippen molar-refractivity contribution in [3.63, 3.8) is 0 Å². The monoisotopic (exact) mass is 269 g/mol. The van der Waals surface area contributed by atoms with Crippen molar-refractivity contribution in [1.29, 1.82) is 0 Å². The minimum Gasteiger partial charge on any atom is -0.324 e. The Kier molecular flexibility index (Phi) is 4.16. The predicted molar refractivity (Wildman–Crippen MR) is 81.4 cm³/mol. The molecule has 0 amide bonds. The van der Waals surface area contributed by atoms with Gasteiger partial charge in [-0.15, -0.1) is 0 Å². The van der Waals surface area contributed by atoms with E-state index in [0.29, 0.717) is 6.04 Å². The Morgan fingerprint density at radius 1 is 1.10 bits per heavy atom. The highest BCUT2D eigenvalue weighted by atomic mass is 15.3. The smallest absolute Gasteiger partial charge is 0.0643 e. The number of benzene rings is 1. The van der Waals surface area contributed by atoms with Gasteiger partial charge < -0.3 is 5.73 Å². The lowest BCUT2D eigenvalue weighted by molar-refractivity contribution is 0.328. The van der Waals surface area contributed by atoms with Crippen LogP contribution in [0.4, 0.5) is 0 Å². The number of hydrogen-bond acceptors (Lipinski definition) is 2. The van der Waals surface area contributed by atoms with Crippen molar-refractivity contribution in [3.05, 3.63) is 53.9 Å². The summed E-state index contributed by atoms with van der Waals surface area (Å²) < 4.78 is 2.16. The third kappa shape index (κ3) is 3.10. The Balaban J connectivity index is 1.65. The first-order valence-electron chi connectivity index (χ1n) is 7.67. The van der Waals surface area contributed by atoms with Gasteiger partial charge in [0.25, 0.3) is 0 Å². The van der Waals surface area contributed by atoms with E-state index in [1.807, 2.05) is 18.2 Å². The third-order valence-corrected chi connectivity index (χ3v) is 4.27. The largest absolute Gasteiger partial charge is 0.324 e. The maximum Gasteiger partial charge on any atom is 0.0643 e. The molecule has 2 aromatic rings. The molecule has 3 nitrogen and oxygen atoms in total. The van der Waals surface area contributed by atoms with Crippen LogP contribution < -0.4 is 5.73 Å². The minimum absolute atomic E-state index is 0.0332. The van der Waals surface area contributed by atoms with Gasteiger partial charge in [-0.25, -0.2) is 0 Å². The molecule has 1 atom stereocenters. The van der Waals surface area contributed by atoms with Crippen LogP contribution in [-0.2, 0) is 6.42 Å². The van der Waals surface area contributed by atoms with E-state index in [-0.39, 0.29) is 6.04 Å². The zero-order valence-corrected chi connectivity index (χ0v) is 11.9. The van der Waals surface area contributed by atoms with Crippen LogP contribution in [0.1, 0.15) is 55.4 Å². The Morgan fingerprint density at radius 3 is 2.60 bits per heavy atom. The second-order valence-electron chi connectivity index (χ2n) is 5.80. The lowest BCUT2D eigenvalue weighted by Gasteiger charge is -2.21. The van der Waals surface area contributed by atoms with Gasteiger partial charge >= 0.3 is 0 Å². The van der Waals surface area contributed by atoms with E-state index >= 15 is 0 Å². The van der Waals surface area contributed by atoms with Gasteiger partial charge in [-0.1, -0.05) is 49.6 Å². The molecule has 1 aliphatic carbocycles. The van der Waals surface area contributed by atoms with Crippen molar-refractivity contribution in [1.82, 2.24) is 9.78 Å². The Morgan fingerprint density at radius 2 is 1.85 bits per heavy atom. The second kappa shape index (κ2) is 6.23. The van der Waals surface area contributed by atoms with Crippen LogP contribution in [0.15, 0.2) is 42.6 Å². The molecule has 2 N–H and O–H groups in total. The molecule has 1 aliphatic rings. The first kappa shape index (κ1) is 13.4. The molecule has 1 heterocycles. The van der Waals surface area contributed by atoms with Gasteiger partial charge in [-0.2, -0.15) is 5.10 Å². The minimum atomic E-state index is 0.0332. The normalized spacial score (nSPS) is 18.1. The third-order valence-electron chi connectivity index (χ3n) is 4.27. The van der Waals surface area contributed by atoms with Crippen molar-refractivity contribution < 1.29 is 0 Å². The van der Waals surface area contributed by atoms with Gasteiger partial charge in [-0.05, 0) is 24.5 Å². The van der Waals surface area contributed by atoms with Crippen LogP contribution in [0, 0.1) is 0 Å². The summed E-state index contributed by atoms with van der Waals surface area (Å²) in [4.78, 5) is 0. The van der Waals surface area contributed by atoms with Gasteiger partial charge in [0, 0.05) is 18.7 Å². The molecule has 0 aliphatic heterocycles. The van der Waals surface area contributed by atoms with E-state index < -0.39 is 0 Å². The van der Waals surface area contributed by atoms with Crippen LogP contribution in [0.25, 0.3) is 0 Å². The summed E-state index contributed by atoms with van der Waals surface area (Å²) in [5, 5.41) is 4.74. The van der Waals surface area contributed by atoms with Crippen molar-refractivity contribution in [3.8, 4) is 0 Å². The molecule has 3 heteroatoms. The zero-order chi connectivity index (χ0) is 13.8. The standard InChI is InChI=1S/C17H23N3/c18-17(14-7-3-1-4-8-14)13-15-11-12-20(19-15)16-9-5-2-6-10-16/h1,3-4,7-8,11-12,16-17H,2,5-6,9-10,13,18H2. The van der Waals surface area contributed by atoms with Gasteiger partial charge in [0.2, 0.25) is 0 Å². The van der Waals surface area contributed by atoms with Gasteiger partial charge in [0.05, 0.1) is 11.7 Å². The molecule has 20 heavy (non-hydrogen) atoms. The molecular weight excluding hydrogens is 246 g/mol. The highest BCUT2D eigenvalue weighted by Gasteiger charge is 2.16. The molecule has 1 fully saturated rings. The Bertz CT molecular complexity index is 526. The zero-order valence-electron chi connectivity index (χ0n) is 11.9. The molecule has 1 saturated carbocycles. The second-order valence-corrected chi connectivity index (χ2v) is 5.80. The van der Waals surface area contributed by atoms with Crippen molar-refractivity contribution >= 4 is 0 Å². The number of nitrogens with zero attached hydrogens (tertiary/aromatic N) is 2. The molecule has 106 valence electrons. The summed E-state index contributed by atoms with van der Waals surface area (Å²) in [6, 6.07) is 13.0. The van der Waals surface area contributed by atoms with E-state index in [9.17, 15) is 0 Å². The number of rotatable bonds is 4. The highest BCUT2D eigenvalue weighted by molar-refractivity contribution is 5.20. The van der Waals surface area contributed by atoms with Crippen LogP contribution in [0.5, 0.6) is 0 Å². The lowest BCUT2D eigenvalue weighted by atomic mass is 9.96. The van der Waals surface area contributed by atoms with Crippen molar-refractivity contribution in [2.75, 3.05) is 0 Å². The van der Waals surface area contributed by atoms with Crippen molar-refractivity contribution in [2.45, 2.75) is 50.6 Å². The van der Waals surface area contributed by atoms with Crippen LogP contribution in [0.2, 0.25) is 0 Å². The fourth-order valence-corrected chi connectivity index (χ4v) is 3.08. The number of nitrogens with two attached hydrogens (primary N) is 1. The summed E-state index contributed by atoms with van der Waals surface area (Å²) in [7, 11) is 0. The van der Waals surface area contributed by atoms with Gasteiger partial charge in [0.1, 0.15) is 0 Å². The summed E-state index contributed by atoms with van der Waals surface area (Å²) in [5.41, 5.74) is 8.55. The number of hydrogen-bond donors (Lipinski definition) is 1. The van der Waals surface area contributed by atoms with E-state index in [1.54, 1.807) is 0 Å². The van der Waals surface area contributed by atoms with Crippen LogP contribution >= 0.6 is 0 Å². The first-order valence-corrected chi connectivity index (χ1v) is 7.67. The summed E-state index contributed by atoms with van der Waals surface area (Å²) in [5.74, 6) is 0. The Labute approximate surface area is 120 Å². The first-order chi connectivity index (χ1) is 9.83. The van der Waals surface area contributed by atoms with Crippen LogP contribution in [-0.4, -0.2) is 9.78 Å². The fourth-order valence-electron chi connectivity index (χ4n) is 3.08. The average molecular weight is 269 g/mol. The molecule has 0 bridgehead atoms. The SMILES string of the molecule is NC(Cc1ccn(C2CCCCC2)n1)c1ccccc1. The summed E-state index contributed by atoms with van der Waals surface area (Å²) in [6.45, 7) is 0. The molecule has 0 radical (unpaired) electrons. The fraction of sp³-hybridized carbons (Fsp3) is 0.471. The molecule has 1 aromatic carbocycles. The molecule has 1 aromatic heterocycles. The Hall–Kier alpha value is -1.61. The van der Waals surface area contributed by atoms with Gasteiger partial charge in [0.15, 0.2) is 0 Å². The van der Waals surface area contributed by atoms with E-state index in [0.717, 1.165) is 12.1 Å². The predicted octanol–water partition coefficient (Wildman–Crippen LogP) is 3.63. The van der Waals surface area contributed by atoms with E-state index in [4.69, 9.17) is 10.8 Å². The van der Waals surface area contributed by atoms with Crippen molar-refractivity contribution in [2.24, 2.45) is 5.73 Å². The maximum absolute atomic E-state index is 6.27. The lowest BCUT2D eigenvalue weighted by Crippen LogP contribution is -2.16. The topological polar surface area (TPSA) is 43.8 Å². The quantitative estimate of drug-likeness (QED) is 0.921. The number of aromatic nitrogens is 2. The molecule has 0 spiro atoms. The summed E-state index contributed by atoms with van der Waals surface area (Å²) >= 11 is 0. The molecule has 0 saturated heterocycles. The molecule has 1 unspecified atom stereocenters. The summed E-state index contributed by atoms with van der Waals surface area (Å²) in [6.07, 6.45) is 9.53. The highest BCUT2D eigenvalue weighted by Crippen LogP contribution is 2.27. The maximum atomic E-state index is 6.27. The molecular formula is C17H23N3.